The van der Waals surface area contributed by atoms with E-state index in [2.05, 4.69) is 29.4 Å². The van der Waals surface area contributed by atoms with Gasteiger partial charge in [-0.1, -0.05) is 48.5 Å². The van der Waals surface area contributed by atoms with E-state index < -0.39 is 16.8 Å². The maximum Gasteiger partial charge on any atom is 0.273 e. The summed E-state index contributed by atoms with van der Waals surface area (Å²) in [7, 11) is 1.42. The molecule has 0 N–H and O–H groups in total. The first kappa shape index (κ1) is 23.1. The summed E-state index contributed by atoms with van der Waals surface area (Å²) in [6.45, 7) is 0. The summed E-state index contributed by atoms with van der Waals surface area (Å²) in [5.74, 6) is -1.06. The summed E-state index contributed by atoms with van der Waals surface area (Å²) < 4.78 is 11.2. The van der Waals surface area contributed by atoms with Crippen molar-refractivity contribution in [1.29, 1.82) is 0 Å². The fraction of sp³-hybridized carbons (Fsp3) is 0.167. The van der Waals surface area contributed by atoms with E-state index in [1.807, 2.05) is 24.3 Å². The Morgan fingerprint density at radius 1 is 0.872 bits per heavy atom. The monoisotopic (exact) mass is 519 g/mol. The molecule has 2 amide bonds. The van der Waals surface area contributed by atoms with Gasteiger partial charge in [0.2, 0.25) is 0 Å². The first-order valence-electron chi connectivity index (χ1n) is 12.5. The van der Waals surface area contributed by atoms with Gasteiger partial charge in [-0.25, -0.2) is 0 Å². The molecule has 2 atom stereocenters. The Bertz CT molecular complexity index is 1610. The van der Waals surface area contributed by atoms with Crippen molar-refractivity contribution in [2.24, 2.45) is 16.9 Å². The van der Waals surface area contributed by atoms with Gasteiger partial charge < -0.3 is 9.15 Å². The van der Waals surface area contributed by atoms with Gasteiger partial charge in [0.05, 0.1) is 41.7 Å². The zero-order chi connectivity index (χ0) is 26.8. The van der Waals surface area contributed by atoms with Crippen molar-refractivity contribution >= 4 is 23.7 Å². The van der Waals surface area contributed by atoms with E-state index in [1.54, 1.807) is 18.2 Å². The molecule has 4 aliphatic rings. The van der Waals surface area contributed by atoms with Crippen LogP contribution in [0.3, 0.4) is 0 Å². The number of nitro groups is 1. The molecule has 4 aromatic rings. The number of ether oxygens (including phenoxy) is 1. The average molecular weight is 520 g/mol. The third kappa shape index (κ3) is 3.29. The van der Waals surface area contributed by atoms with Crippen LogP contribution in [0.25, 0.3) is 11.3 Å². The number of methoxy groups -OCH3 is 1. The van der Waals surface area contributed by atoms with Gasteiger partial charge in [0.1, 0.15) is 17.3 Å². The molecule has 2 bridgehead atoms. The molecular formula is C30H21N3O6. The summed E-state index contributed by atoms with van der Waals surface area (Å²) in [5, 5.41) is 16.4. The third-order valence-corrected chi connectivity index (χ3v) is 8.01. The predicted octanol–water partition coefficient (Wildman–Crippen LogP) is 5.09. The standard InChI is InChI=1S/C30H21N3O6/c1-38-24-14-16(33(36)37)10-12-22(24)23-13-11-17(39-23)15-31-32-29(34)27-25-18-6-2-3-7-19(18)26(28(27)30(32)35)21-9-5-4-8-20(21)25/h2-15,25-28H,1H3/b31-15-/t25?,26?,27-,28-/m1/s1. The summed E-state index contributed by atoms with van der Waals surface area (Å²) in [6.07, 6.45) is 1.34. The van der Waals surface area contributed by atoms with Gasteiger partial charge in [-0.05, 0) is 40.5 Å². The molecule has 1 aromatic heterocycles. The minimum atomic E-state index is -0.513. The van der Waals surface area contributed by atoms with Gasteiger partial charge in [0.15, 0.2) is 0 Å². The molecule has 9 heteroatoms. The quantitative estimate of drug-likeness (QED) is 0.157. The van der Waals surface area contributed by atoms with E-state index >= 15 is 0 Å². The maximum absolute atomic E-state index is 13.7. The highest BCUT2D eigenvalue weighted by Crippen LogP contribution is 2.61. The van der Waals surface area contributed by atoms with Crippen molar-refractivity contribution in [3.8, 4) is 17.1 Å². The fourth-order valence-electron chi connectivity index (χ4n) is 6.45. The molecule has 192 valence electrons. The smallest absolute Gasteiger partial charge is 0.273 e. The minimum Gasteiger partial charge on any atom is -0.496 e. The van der Waals surface area contributed by atoms with E-state index in [4.69, 9.17) is 9.15 Å². The molecule has 1 aliphatic heterocycles. The number of nitrogens with zero attached hydrogens (tertiary/aromatic N) is 3. The molecule has 8 rings (SSSR count). The van der Waals surface area contributed by atoms with Crippen molar-refractivity contribution in [2.75, 3.05) is 7.11 Å². The fourth-order valence-corrected chi connectivity index (χ4v) is 6.45. The Balaban J connectivity index is 1.20. The van der Waals surface area contributed by atoms with Crippen LogP contribution in [-0.4, -0.2) is 35.1 Å². The molecular weight excluding hydrogens is 498 g/mol. The summed E-state index contributed by atoms with van der Waals surface area (Å²) in [6, 6.07) is 23.7. The Morgan fingerprint density at radius 2 is 1.44 bits per heavy atom. The molecule has 1 fully saturated rings. The van der Waals surface area contributed by atoms with Crippen LogP contribution >= 0.6 is 0 Å². The first-order valence-corrected chi connectivity index (χ1v) is 12.5. The van der Waals surface area contributed by atoms with Crippen LogP contribution in [0.15, 0.2) is 88.4 Å². The lowest BCUT2D eigenvalue weighted by Crippen LogP contribution is -2.41. The third-order valence-electron chi connectivity index (χ3n) is 8.01. The topological polar surface area (TPSA) is 115 Å². The van der Waals surface area contributed by atoms with Crippen LogP contribution in [0.5, 0.6) is 5.75 Å². The highest BCUT2D eigenvalue weighted by Gasteiger charge is 2.61. The van der Waals surface area contributed by atoms with E-state index in [1.165, 1.54) is 25.5 Å². The van der Waals surface area contributed by atoms with Gasteiger partial charge >= 0.3 is 0 Å². The largest absolute Gasteiger partial charge is 0.496 e. The number of rotatable bonds is 5. The van der Waals surface area contributed by atoms with Gasteiger partial charge in [-0.3, -0.25) is 19.7 Å². The average Bonchev–Trinajstić information content (AvgIpc) is 3.54. The van der Waals surface area contributed by atoms with Crippen molar-refractivity contribution < 1.29 is 23.7 Å². The zero-order valence-electron chi connectivity index (χ0n) is 20.7. The van der Waals surface area contributed by atoms with Crippen molar-refractivity contribution in [1.82, 2.24) is 5.01 Å². The normalized spacial score (nSPS) is 22.6. The van der Waals surface area contributed by atoms with E-state index in [0.717, 1.165) is 27.3 Å². The highest BCUT2D eigenvalue weighted by molar-refractivity contribution is 6.08. The van der Waals surface area contributed by atoms with Crippen molar-refractivity contribution in [3.05, 3.63) is 117 Å². The molecule has 0 saturated carbocycles. The number of non-ortho nitro benzene ring substituents is 1. The number of carbonyl (C=O) groups excluding carboxylic acids is 2. The lowest BCUT2D eigenvalue weighted by Gasteiger charge is -2.45. The Kier molecular flexibility index (Phi) is 5.03. The molecule has 1 saturated heterocycles. The van der Waals surface area contributed by atoms with E-state index in [0.29, 0.717) is 17.1 Å². The Labute approximate surface area is 222 Å². The molecule has 39 heavy (non-hydrogen) atoms. The van der Waals surface area contributed by atoms with Crippen LogP contribution in [0.2, 0.25) is 0 Å². The maximum atomic E-state index is 13.7. The van der Waals surface area contributed by atoms with Gasteiger partial charge in [-0.15, -0.1) is 0 Å². The van der Waals surface area contributed by atoms with Crippen LogP contribution in [0.4, 0.5) is 5.69 Å². The molecule has 2 heterocycles. The number of hydrazone groups is 1. The van der Waals surface area contributed by atoms with Gasteiger partial charge in [-0.2, -0.15) is 10.1 Å². The predicted molar refractivity (Wildman–Crippen MR) is 140 cm³/mol. The van der Waals surface area contributed by atoms with Crippen LogP contribution in [-0.2, 0) is 9.59 Å². The summed E-state index contributed by atoms with van der Waals surface area (Å²) in [5.41, 5.74) is 4.82. The second kappa shape index (κ2) is 8.49. The molecule has 0 spiro atoms. The Morgan fingerprint density at radius 3 is 1.95 bits per heavy atom. The zero-order valence-corrected chi connectivity index (χ0v) is 20.7. The highest BCUT2D eigenvalue weighted by atomic mass is 16.6. The number of nitro benzene ring substituents is 1. The first-order chi connectivity index (χ1) is 19.0. The SMILES string of the molecule is COc1cc([N+](=O)[O-])ccc1-c1ccc(/C=N\N2C(=O)[C@@H]3C4c5ccccc5C(c5ccccc54)[C@H]3C2=O)o1. The van der Waals surface area contributed by atoms with Crippen molar-refractivity contribution in [2.45, 2.75) is 11.8 Å². The molecule has 0 unspecified atom stereocenters. The number of amides is 2. The Hall–Kier alpha value is -5.05. The second-order valence-electron chi connectivity index (χ2n) is 9.84. The number of hydrogen-bond donors (Lipinski definition) is 0. The van der Waals surface area contributed by atoms with Gasteiger partial charge in [0, 0.05) is 17.9 Å². The molecule has 3 aromatic carbocycles. The summed E-state index contributed by atoms with van der Waals surface area (Å²) >= 11 is 0. The lowest BCUT2D eigenvalue weighted by atomic mass is 9.55. The number of hydrogen-bond acceptors (Lipinski definition) is 7. The number of imide groups is 1. The summed E-state index contributed by atoms with van der Waals surface area (Å²) in [4.78, 5) is 37.9. The molecule has 0 radical (unpaired) electrons. The minimum absolute atomic E-state index is 0.102. The second-order valence-corrected chi connectivity index (χ2v) is 9.84. The van der Waals surface area contributed by atoms with Crippen LogP contribution < -0.4 is 4.74 Å². The van der Waals surface area contributed by atoms with Crippen LogP contribution in [0, 0.1) is 22.0 Å². The van der Waals surface area contributed by atoms with Crippen molar-refractivity contribution in [3.63, 3.8) is 0 Å². The lowest BCUT2D eigenvalue weighted by molar-refractivity contribution is -0.384. The molecule has 9 nitrogen and oxygen atoms in total. The molecule has 3 aliphatic carbocycles. The number of furan rings is 1. The number of carbonyl (C=O) groups is 2. The number of benzene rings is 3. The van der Waals surface area contributed by atoms with E-state index in [-0.39, 0.29) is 35.1 Å². The van der Waals surface area contributed by atoms with Gasteiger partial charge in [0.25, 0.3) is 17.5 Å². The van der Waals surface area contributed by atoms with Crippen LogP contribution in [0.1, 0.15) is 39.8 Å². The van der Waals surface area contributed by atoms with E-state index in [9.17, 15) is 19.7 Å².